The second-order valence-corrected chi connectivity index (χ2v) is 3.74. The van der Waals surface area contributed by atoms with Crippen molar-refractivity contribution in [3.8, 4) is 0 Å². The van der Waals surface area contributed by atoms with Crippen LogP contribution in [0.2, 0.25) is 0 Å². The van der Waals surface area contributed by atoms with Crippen LogP contribution in [0.15, 0.2) is 0 Å². The quantitative estimate of drug-likeness (QED) is 0.533. The highest BCUT2D eigenvalue weighted by molar-refractivity contribution is 5.90. The van der Waals surface area contributed by atoms with Crippen molar-refractivity contribution < 1.29 is 9.59 Å². The molecule has 3 N–H and O–H groups in total. The molecule has 0 saturated carbocycles. The van der Waals surface area contributed by atoms with E-state index in [1.54, 1.807) is 0 Å². The van der Waals surface area contributed by atoms with Crippen molar-refractivity contribution in [1.82, 2.24) is 16.0 Å². The number of unbranched alkanes of at least 4 members (excludes halogenated alkanes) is 2. The zero-order chi connectivity index (χ0) is 11.1. The van der Waals surface area contributed by atoms with Crippen molar-refractivity contribution in [2.75, 3.05) is 19.6 Å². The molecule has 5 nitrogen and oxygen atoms in total. The Morgan fingerprint density at radius 2 is 2.13 bits per heavy atom. The lowest BCUT2D eigenvalue weighted by atomic mass is 10.2. The van der Waals surface area contributed by atoms with Gasteiger partial charge in [-0.3, -0.25) is 9.59 Å². The van der Waals surface area contributed by atoms with Crippen molar-refractivity contribution in [2.45, 2.75) is 32.2 Å². The van der Waals surface area contributed by atoms with E-state index < -0.39 is 0 Å². The Balaban J connectivity index is 2.26. The Morgan fingerprint density at radius 3 is 2.87 bits per heavy atom. The first-order valence-corrected chi connectivity index (χ1v) is 5.52. The van der Waals surface area contributed by atoms with Crippen molar-refractivity contribution in [3.05, 3.63) is 0 Å². The summed E-state index contributed by atoms with van der Waals surface area (Å²) >= 11 is 0. The van der Waals surface area contributed by atoms with Gasteiger partial charge in [-0.2, -0.15) is 0 Å². The summed E-state index contributed by atoms with van der Waals surface area (Å²) in [6.45, 7) is 3.43. The minimum absolute atomic E-state index is 0.0893. The Morgan fingerprint density at radius 1 is 1.33 bits per heavy atom. The molecule has 15 heavy (non-hydrogen) atoms. The van der Waals surface area contributed by atoms with Gasteiger partial charge in [0.2, 0.25) is 11.8 Å². The van der Waals surface area contributed by atoms with Crippen molar-refractivity contribution >= 4 is 11.8 Å². The molecule has 1 heterocycles. The average Bonchev–Trinajstić information content (AvgIpc) is 2.38. The molecule has 0 radical (unpaired) electrons. The predicted molar refractivity (Wildman–Crippen MR) is 57.3 cm³/mol. The molecule has 1 fully saturated rings. The highest BCUT2D eigenvalue weighted by Gasteiger charge is 2.22. The van der Waals surface area contributed by atoms with Crippen LogP contribution in [0.4, 0.5) is 0 Å². The Bertz CT molecular complexity index is 231. The van der Waals surface area contributed by atoms with Crippen molar-refractivity contribution in [2.24, 2.45) is 0 Å². The number of carbonyl (C=O) groups excluding carboxylic acids is 2. The summed E-state index contributed by atoms with van der Waals surface area (Å²) in [5.41, 5.74) is 0. The van der Waals surface area contributed by atoms with Gasteiger partial charge in [0.15, 0.2) is 0 Å². The average molecular weight is 213 g/mol. The molecule has 5 heteroatoms. The first-order valence-electron chi connectivity index (χ1n) is 5.52. The summed E-state index contributed by atoms with van der Waals surface area (Å²) in [5.74, 6) is -0.217. The molecule has 0 aromatic rings. The van der Waals surface area contributed by atoms with Gasteiger partial charge >= 0.3 is 0 Å². The third-order valence-electron chi connectivity index (χ3n) is 2.41. The summed E-state index contributed by atoms with van der Waals surface area (Å²) in [5, 5.41) is 8.39. The molecular weight excluding hydrogens is 194 g/mol. The zero-order valence-electron chi connectivity index (χ0n) is 9.14. The van der Waals surface area contributed by atoms with E-state index in [1.165, 1.54) is 0 Å². The summed E-state index contributed by atoms with van der Waals surface area (Å²) < 4.78 is 0. The van der Waals surface area contributed by atoms with Crippen molar-refractivity contribution in [1.29, 1.82) is 0 Å². The van der Waals surface area contributed by atoms with Gasteiger partial charge in [-0.15, -0.1) is 0 Å². The van der Waals surface area contributed by atoms with Gasteiger partial charge in [0.1, 0.15) is 6.04 Å². The zero-order valence-corrected chi connectivity index (χ0v) is 9.14. The minimum atomic E-state index is -0.284. The second kappa shape index (κ2) is 6.40. The molecule has 0 aliphatic carbocycles. The summed E-state index contributed by atoms with van der Waals surface area (Å²) in [6.07, 6.45) is 3.39. The molecule has 0 aromatic heterocycles. The molecule has 1 rings (SSSR count). The van der Waals surface area contributed by atoms with E-state index in [4.69, 9.17) is 0 Å². The molecule has 86 valence electrons. The van der Waals surface area contributed by atoms with E-state index in [1.807, 2.05) is 0 Å². The third kappa shape index (κ3) is 4.29. The van der Waals surface area contributed by atoms with Crippen LogP contribution in [0, 0.1) is 0 Å². The van der Waals surface area contributed by atoms with Gasteiger partial charge in [-0.05, 0) is 13.0 Å². The lowest BCUT2D eigenvalue weighted by Gasteiger charge is -2.14. The van der Waals surface area contributed by atoms with Gasteiger partial charge in [-0.25, -0.2) is 0 Å². The van der Waals surface area contributed by atoms with Gasteiger partial charge in [0.25, 0.3) is 0 Å². The molecule has 1 aliphatic rings. The number of hydrogen-bond acceptors (Lipinski definition) is 3. The SMILES string of the molecule is CCCCCNC1CNC(=O)CNC1=O. The Kier molecular flexibility index (Phi) is 5.10. The summed E-state index contributed by atoms with van der Waals surface area (Å²) in [6, 6.07) is -0.284. The number of carbonyl (C=O) groups is 2. The molecule has 1 saturated heterocycles. The van der Waals surface area contributed by atoms with Crippen LogP contribution in [-0.2, 0) is 9.59 Å². The van der Waals surface area contributed by atoms with Crippen LogP contribution in [0.3, 0.4) is 0 Å². The molecule has 0 bridgehead atoms. The molecule has 1 unspecified atom stereocenters. The first kappa shape index (κ1) is 12.0. The number of amides is 2. The van der Waals surface area contributed by atoms with Gasteiger partial charge < -0.3 is 16.0 Å². The normalized spacial score (nSPS) is 21.8. The van der Waals surface area contributed by atoms with E-state index >= 15 is 0 Å². The van der Waals surface area contributed by atoms with E-state index in [-0.39, 0.29) is 24.4 Å². The molecule has 1 atom stereocenters. The number of hydrogen-bond donors (Lipinski definition) is 3. The topological polar surface area (TPSA) is 70.2 Å². The summed E-state index contributed by atoms with van der Waals surface area (Å²) in [7, 11) is 0. The number of rotatable bonds is 5. The predicted octanol–water partition coefficient (Wildman–Crippen LogP) is -0.619. The van der Waals surface area contributed by atoms with Crippen LogP contribution in [0.1, 0.15) is 26.2 Å². The van der Waals surface area contributed by atoms with E-state index in [2.05, 4.69) is 22.9 Å². The highest BCUT2D eigenvalue weighted by atomic mass is 16.2. The molecule has 2 amide bonds. The Labute approximate surface area is 90.0 Å². The second-order valence-electron chi connectivity index (χ2n) is 3.74. The lowest BCUT2D eigenvalue weighted by molar-refractivity contribution is -0.124. The standard InChI is InChI=1S/C10H19N3O2/c1-2-3-4-5-11-8-6-12-9(14)7-13-10(8)15/h8,11H,2-7H2,1H3,(H,12,14)(H,13,15). The first-order chi connectivity index (χ1) is 7.24. The van der Waals surface area contributed by atoms with Gasteiger partial charge in [-0.1, -0.05) is 19.8 Å². The van der Waals surface area contributed by atoms with Crippen LogP contribution >= 0.6 is 0 Å². The van der Waals surface area contributed by atoms with Crippen LogP contribution in [0.25, 0.3) is 0 Å². The van der Waals surface area contributed by atoms with Crippen molar-refractivity contribution in [3.63, 3.8) is 0 Å². The minimum Gasteiger partial charge on any atom is -0.352 e. The maximum absolute atomic E-state index is 11.5. The smallest absolute Gasteiger partial charge is 0.239 e. The fourth-order valence-corrected chi connectivity index (χ4v) is 1.48. The van der Waals surface area contributed by atoms with E-state index in [9.17, 15) is 9.59 Å². The number of nitrogens with one attached hydrogen (secondary N) is 3. The van der Waals surface area contributed by atoms with E-state index in [0.29, 0.717) is 6.54 Å². The molecule has 1 aliphatic heterocycles. The maximum atomic E-state index is 11.5. The third-order valence-corrected chi connectivity index (χ3v) is 2.41. The van der Waals surface area contributed by atoms with Gasteiger partial charge in [0.05, 0.1) is 6.54 Å². The fourth-order valence-electron chi connectivity index (χ4n) is 1.48. The summed E-state index contributed by atoms with van der Waals surface area (Å²) in [4.78, 5) is 22.5. The fraction of sp³-hybridized carbons (Fsp3) is 0.800. The van der Waals surface area contributed by atoms with Crippen LogP contribution < -0.4 is 16.0 Å². The van der Waals surface area contributed by atoms with Gasteiger partial charge in [0, 0.05) is 6.54 Å². The Hall–Kier alpha value is -1.10. The largest absolute Gasteiger partial charge is 0.352 e. The van der Waals surface area contributed by atoms with Crippen LogP contribution in [-0.4, -0.2) is 37.5 Å². The lowest BCUT2D eigenvalue weighted by Crippen LogP contribution is -2.46. The molecule has 0 spiro atoms. The monoisotopic (exact) mass is 213 g/mol. The highest BCUT2D eigenvalue weighted by Crippen LogP contribution is 1.93. The van der Waals surface area contributed by atoms with E-state index in [0.717, 1.165) is 25.8 Å². The molecule has 0 aromatic carbocycles. The van der Waals surface area contributed by atoms with Crippen LogP contribution in [0.5, 0.6) is 0 Å². The molecular formula is C10H19N3O2. The maximum Gasteiger partial charge on any atom is 0.239 e.